The van der Waals surface area contributed by atoms with Crippen LogP contribution in [-0.2, 0) is 6.54 Å². The van der Waals surface area contributed by atoms with Gasteiger partial charge in [0.25, 0.3) is 0 Å². The van der Waals surface area contributed by atoms with Crippen LogP contribution in [0.5, 0.6) is 5.88 Å². The van der Waals surface area contributed by atoms with Gasteiger partial charge in [-0.05, 0) is 18.9 Å². The van der Waals surface area contributed by atoms with Crippen molar-refractivity contribution in [3.8, 4) is 5.88 Å². The third-order valence-corrected chi connectivity index (χ3v) is 3.06. The molecule has 5 heteroatoms. The Morgan fingerprint density at radius 1 is 1.19 bits per heavy atom. The molecular weight excluding hydrogens is 264 g/mol. The van der Waals surface area contributed by atoms with Crippen molar-refractivity contribution in [2.45, 2.75) is 33.2 Å². The number of benzene rings is 1. The Morgan fingerprint density at radius 3 is 2.67 bits per heavy atom. The largest absolute Gasteiger partial charge is 0.476 e. The van der Waals surface area contributed by atoms with Crippen molar-refractivity contribution in [3.05, 3.63) is 41.7 Å². The molecule has 0 unspecified atom stereocenters. The molecule has 2 aromatic rings. The summed E-state index contributed by atoms with van der Waals surface area (Å²) >= 11 is 0. The van der Waals surface area contributed by atoms with E-state index in [-0.39, 0.29) is 0 Å². The summed E-state index contributed by atoms with van der Waals surface area (Å²) in [7, 11) is 0. The van der Waals surface area contributed by atoms with Crippen LogP contribution in [0.15, 0.2) is 30.3 Å². The third kappa shape index (κ3) is 4.34. The average Bonchev–Trinajstić information content (AvgIpc) is 2.50. The average molecular weight is 286 g/mol. The molecule has 1 aromatic carbocycles. The first-order valence-electron chi connectivity index (χ1n) is 7.25. The second-order valence-electron chi connectivity index (χ2n) is 4.88. The summed E-state index contributed by atoms with van der Waals surface area (Å²) < 4.78 is 5.63. The van der Waals surface area contributed by atoms with E-state index in [4.69, 9.17) is 10.5 Å². The van der Waals surface area contributed by atoms with Gasteiger partial charge in [0.1, 0.15) is 11.5 Å². The zero-order valence-electron chi connectivity index (χ0n) is 12.6. The van der Waals surface area contributed by atoms with Gasteiger partial charge in [-0.15, -0.1) is 0 Å². The van der Waals surface area contributed by atoms with E-state index in [0.29, 0.717) is 36.4 Å². The number of hydrogen-bond acceptors (Lipinski definition) is 5. The molecule has 0 aliphatic rings. The quantitative estimate of drug-likeness (QED) is 0.765. The SMILES string of the molecule is CCCCOc1nc(C)nc(NCc2ccccc2)c1N. The lowest BCUT2D eigenvalue weighted by atomic mass is 10.2. The molecule has 0 saturated heterocycles. The second kappa shape index (κ2) is 7.47. The fourth-order valence-corrected chi connectivity index (χ4v) is 1.90. The first-order valence-corrected chi connectivity index (χ1v) is 7.25. The highest BCUT2D eigenvalue weighted by molar-refractivity contribution is 5.66. The predicted molar refractivity (Wildman–Crippen MR) is 85.4 cm³/mol. The molecule has 5 nitrogen and oxygen atoms in total. The van der Waals surface area contributed by atoms with Crippen LogP contribution in [-0.4, -0.2) is 16.6 Å². The molecule has 0 atom stereocenters. The van der Waals surface area contributed by atoms with E-state index in [2.05, 4.69) is 34.3 Å². The van der Waals surface area contributed by atoms with Gasteiger partial charge in [-0.25, -0.2) is 4.98 Å². The zero-order chi connectivity index (χ0) is 15.1. The summed E-state index contributed by atoms with van der Waals surface area (Å²) in [6, 6.07) is 10.1. The van der Waals surface area contributed by atoms with Crippen molar-refractivity contribution in [1.29, 1.82) is 0 Å². The Balaban J connectivity index is 2.08. The lowest BCUT2D eigenvalue weighted by Crippen LogP contribution is -2.10. The number of rotatable bonds is 7. The van der Waals surface area contributed by atoms with Gasteiger partial charge in [0.2, 0.25) is 5.88 Å². The second-order valence-corrected chi connectivity index (χ2v) is 4.88. The number of ether oxygens (including phenoxy) is 1. The first kappa shape index (κ1) is 15.1. The molecule has 1 heterocycles. The summed E-state index contributed by atoms with van der Waals surface area (Å²) in [6.45, 7) is 5.23. The summed E-state index contributed by atoms with van der Waals surface area (Å²) in [5.41, 5.74) is 7.72. The number of aryl methyl sites for hydroxylation is 1. The fourth-order valence-electron chi connectivity index (χ4n) is 1.90. The molecule has 0 fully saturated rings. The van der Waals surface area contributed by atoms with E-state index in [9.17, 15) is 0 Å². The van der Waals surface area contributed by atoms with Crippen LogP contribution in [0.2, 0.25) is 0 Å². The minimum absolute atomic E-state index is 0.464. The fraction of sp³-hybridized carbons (Fsp3) is 0.375. The van der Waals surface area contributed by atoms with Crippen LogP contribution < -0.4 is 15.8 Å². The molecule has 112 valence electrons. The number of hydrogen-bond donors (Lipinski definition) is 2. The van der Waals surface area contributed by atoms with Gasteiger partial charge in [0.05, 0.1) is 6.61 Å². The van der Waals surface area contributed by atoms with Crippen LogP contribution in [0, 0.1) is 6.92 Å². The third-order valence-electron chi connectivity index (χ3n) is 3.06. The molecule has 0 amide bonds. The predicted octanol–water partition coefficient (Wildman–Crippen LogP) is 3.16. The van der Waals surface area contributed by atoms with Crippen molar-refractivity contribution < 1.29 is 4.74 Å². The maximum Gasteiger partial charge on any atom is 0.242 e. The summed E-state index contributed by atoms with van der Waals surface area (Å²) in [5, 5.41) is 3.24. The van der Waals surface area contributed by atoms with E-state index in [1.54, 1.807) is 0 Å². The van der Waals surface area contributed by atoms with Gasteiger partial charge in [0, 0.05) is 6.54 Å². The van der Waals surface area contributed by atoms with Gasteiger partial charge >= 0.3 is 0 Å². The molecule has 21 heavy (non-hydrogen) atoms. The lowest BCUT2D eigenvalue weighted by Gasteiger charge is -2.13. The standard InChI is InChI=1S/C16H22N4O/c1-3-4-10-21-16-14(17)15(19-12(2)20-16)18-11-13-8-6-5-7-9-13/h5-9H,3-4,10-11,17H2,1-2H3,(H,18,19,20). The van der Waals surface area contributed by atoms with Crippen LogP contribution >= 0.6 is 0 Å². The minimum Gasteiger partial charge on any atom is -0.476 e. The van der Waals surface area contributed by atoms with E-state index < -0.39 is 0 Å². The van der Waals surface area contributed by atoms with Crippen molar-refractivity contribution in [2.24, 2.45) is 0 Å². The summed E-state index contributed by atoms with van der Waals surface area (Å²) in [6.07, 6.45) is 2.05. The highest BCUT2D eigenvalue weighted by Crippen LogP contribution is 2.26. The van der Waals surface area contributed by atoms with E-state index in [0.717, 1.165) is 12.8 Å². The maximum absolute atomic E-state index is 6.09. The van der Waals surface area contributed by atoms with Crippen LogP contribution in [0.25, 0.3) is 0 Å². The Hall–Kier alpha value is -2.30. The number of nitrogens with one attached hydrogen (secondary N) is 1. The number of nitrogen functional groups attached to an aromatic ring is 1. The molecule has 0 aliphatic carbocycles. The van der Waals surface area contributed by atoms with Gasteiger partial charge in [-0.1, -0.05) is 43.7 Å². The summed E-state index contributed by atoms with van der Waals surface area (Å²) in [5.74, 6) is 1.73. The zero-order valence-corrected chi connectivity index (χ0v) is 12.6. The topological polar surface area (TPSA) is 73.1 Å². The Kier molecular flexibility index (Phi) is 5.37. The Bertz CT molecular complexity index is 572. The number of nitrogens with two attached hydrogens (primary N) is 1. The van der Waals surface area contributed by atoms with Crippen molar-refractivity contribution in [1.82, 2.24) is 9.97 Å². The van der Waals surface area contributed by atoms with E-state index >= 15 is 0 Å². The van der Waals surface area contributed by atoms with Crippen molar-refractivity contribution in [2.75, 3.05) is 17.7 Å². The van der Waals surface area contributed by atoms with Crippen LogP contribution in [0.4, 0.5) is 11.5 Å². The number of anilines is 2. The van der Waals surface area contributed by atoms with E-state index in [1.807, 2.05) is 25.1 Å². The molecule has 1 aromatic heterocycles. The summed E-state index contributed by atoms with van der Waals surface area (Å²) in [4.78, 5) is 8.61. The minimum atomic E-state index is 0.464. The molecule has 0 saturated carbocycles. The van der Waals surface area contributed by atoms with Crippen LogP contribution in [0.1, 0.15) is 31.2 Å². The Morgan fingerprint density at radius 2 is 1.95 bits per heavy atom. The molecule has 0 spiro atoms. The highest BCUT2D eigenvalue weighted by atomic mass is 16.5. The lowest BCUT2D eigenvalue weighted by molar-refractivity contribution is 0.298. The smallest absolute Gasteiger partial charge is 0.242 e. The molecule has 0 aliphatic heterocycles. The molecule has 3 N–H and O–H groups in total. The molecule has 0 bridgehead atoms. The van der Waals surface area contributed by atoms with E-state index in [1.165, 1.54) is 5.56 Å². The Labute approximate surface area is 125 Å². The number of nitrogens with zero attached hydrogens (tertiary/aromatic N) is 2. The van der Waals surface area contributed by atoms with Crippen molar-refractivity contribution >= 4 is 11.5 Å². The molecular formula is C16H22N4O. The number of aromatic nitrogens is 2. The highest BCUT2D eigenvalue weighted by Gasteiger charge is 2.11. The van der Waals surface area contributed by atoms with Gasteiger partial charge in [-0.3, -0.25) is 0 Å². The number of unbranched alkanes of at least 4 members (excludes halogenated alkanes) is 1. The maximum atomic E-state index is 6.09. The van der Waals surface area contributed by atoms with Crippen molar-refractivity contribution in [3.63, 3.8) is 0 Å². The van der Waals surface area contributed by atoms with Gasteiger partial charge < -0.3 is 15.8 Å². The first-order chi connectivity index (χ1) is 10.2. The van der Waals surface area contributed by atoms with Crippen LogP contribution in [0.3, 0.4) is 0 Å². The molecule has 0 radical (unpaired) electrons. The normalized spacial score (nSPS) is 10.4. The van der Waals surface area contributed by atoms with Gasteiger partial charge in [-0.2, -0.15) is 4.98 Å². The van der Waals surface area contributed by atoms with Gasteiger partial charge in [0.15, 0.2) is 5.82 Å². The monoisotopic (exact) mass is 286 g/mol. The molecule has 2 rings (SSSR count).